The van der Waals surface area contributed by atoms with E-state index >= 15 is 0 Å². The first-order valence-corrected chi connectivity index (χ1v) is 8.80. The number of anilines is 1. The van der Waals surface area contributed by atoms with Gasteiger partial charge in [-0.3, -0.25) is 4.79 Å². The van der Waals surface area contributed by atoms with Gasteiger partial charge in [0.25, 0.3) is 5.91 Å². The number of hydrogen-bond donors (Lipinski definition) is 3. The number of urea groups is 1. The summed E-state index contributed by atoms with van der Waals surface area (Å²) in [5.41, 5.74) is 1.91. The minimum Gasteiger partial charge on any atom is -0.478 e. The molecule has 3 amide bonds. The van der Waals surface area contributed by atoms with Crippen molar-refractivity contribution in [3.63, 3.8) is 0 Å². The van der Waals surface area contributed by atoms with Crippen LogP contribution in [0.3, 0.4) is 0 Å². The van der Waals surface area contributed by atoms with Gasteiger partial charge in [0.15, 0.2) is 0 Å². The second-order valence-electron chi connectivity index (χ2n) is 6.35. The zero-order valence-corrected chi connectivity index (χ0v) is 14.8. The molecule has 1 aliphatic rings. The average Bonchev–Trinajstić information content (AvgIpc) is 3.21. The van der Waals surface area contributed by atoms with Crippen LogP contribution in [0.5, 0.6) is 0 Å². The van der Waals surface area contributed by atoms with E-state index in [-0.39, 0.29) is 18.0 Å². The van der Waals surface area contributed by atoms with Gasteiger partial charge in [-0.25, -0.2) is 9.59 Å². The molecule has 1 saturated heterocycles. The van der Waals surface area contributed by atoms with E-state index in [9.17, 15) is 14.4 Å². The van der Waals surface area contributed by atoms with Crippen molar-refractivity contribution >= 4 is 23.6 Å². The van der Waals surface area contributed by atoms with Crippen LogP contribution in [0.15, 0.2) is 48.5 Å². The molecule has 7 heteroatoms. The molecule has 7 nitrogen and oxygen atoms in total. The van der Waals surface area contributed by atoms with Gasteiger partial charge in [0.05, 0.1) is 16.8 Å². The third-order valence-corrected chi connectivity index (χ3v) is 4.45. The Labute approximate surface area is 157 Å². The Morgan fingerprint density at radius 1 is 0.963 bits per heavy atom. The summed E-state index contributed by atoms with van der Waals surface area (Å²) >= 11 is 0. The number of likely N-dealkylation sites (tertiary alicyclic amines) is 1. The molecule has 1 fully saturated rings. The van der Waals surface area contributed by atoms with Crippen molar-refractivity contribution in [1.29, 1.82) is 0 Å². The van der Waals surface area contributed by atoms with E-state index in [2.05, 4.69) is 10.6 Å². The summed E-state index contributed by atoms with van der Waals surface area (Å²) in [4.78, 5) is 37.5. The van der Waals surface area contributed by atoms with E-state index in [4.69, 9.17) is 5.11 Å². The molecule has 0 aliphatic carbocycles. The molecule has 0 unspecified atom stereocenters. The molecule has 0 saturated carbocycles. The van der Waals surface area contributed by atoms with Crippen molar-refractivity contribution in [2.45, 2.75) is 19.4 Å². The Morgan fingerprint density at radius 3 is 2.30 bits per heavy atom. The predicted molar refractivity (Wildman–Crippen MR) is 101 cm³/mol. The lowest BCUT2D eigenvalue weighted by Gasteiger charge is -2.18. The van der Waals surface area contributed by atoms with Crippen LogP contribution in [0.2, 0.25) is 0 Å². The molecule has 0 radical (unpaired) electrons. The van der Waals surface area contributed by atoms with E-state index in [0.717, 1.165) is 31.5 Å². The number of aromatic carboxylic acids is 1. The Bertz CT molecular complexity index is 843. The van der Waals surface area contributed by atoms with Crippen LogP contribution in [0.4, 0.5) is 10.5 Å². The number of amides is 3. The molecular formula is C20H21N3O4. The molecule has 0 bridgehead atoms. The van der Waals surface area contributed by atoms with Gasteiger partial charge >= 0.3 is 12.0 Å². The maximum atomic E-state index is 12.6. The van der Waals surface area contributed by atoms with Crippen LogP contribution >= 0.6 is 0 Å². The number of carboxylic acid groups (broad SMARTS) is 1. The summed E-state index contributed by atoms with van der Waals surface area (Å²) < 4.78 is 0. The SMILES string of the molecule is O=C(NCc1ccc(C(=O)O)cc1)Nc1ccccc1C(=O)N1CCCC1. The van der Waals surface area contributed by atoms with E-state index in [0.29, 0.717) is 11.3 Å². The fourth-order valence-corrected chi connectivity index (χ4v) is 2.98. The number of nitrogens with one attached hydrogen (secondary N) is 2. The van der Waals surface area contributed by atoms with Crippen LogP contribution in [-0.2, 0) is 6.54 Å². The summed E-state index contributed by atoms with van der Waals surface area (Å²) in [6.45, 7) is 1.73. The Morgan fingerprint density at radius 2 is 1.63 bits per heavy atom. The maximum absolute atomic E-state index is 12.6. The number of carboxylic acids is 1. The van der Waals surface area contributed by atoms with Crippen LogP contribution in [0.25, 0.3) is 0 Å². The van der Waals surface area contributed by atoms with Crippen molar-refractivity contribution < 1.29 is 19.5 Å². The summed E-state index contributed by atoms with van der Waals surface area (Å²) in [5, 5.41) is 14.3. The van der Waals surface area contributed by atoms with E-state index in [1.807, 2.05) is 0 Å². The van der Waals surface area contributed by atoms with Crippen molar-refractivity contribution in [2.75, 3.05) is 18.4 Å². The maximum Gasteiger partial charge on any atom is 0.335 e. The number of nitrogens with zero attached hydrogens (tertiary/aromatic N) is 1. The standard InChI is InChI=1S/C20H21N3O4/c24-18(23-11-3-4-12-23)16-5-1-2-6-17(16)22-20(27)21-13-14-7-9-15(10-8-14)19(25)26/h1-2,5-10H,3-4,11-13H2,(H,25,26)(H2,21,22,27). The first-order chi connectivity index (χ1) is 13.0. The summed E-state index contributed by atoms with van der Waals surface area (Å²) in [6, 6.07) is 12.8. The minimum atomic E-state index is -0.994. The molecule has 3 N–H and O–H groups in total. The lowest BCUT2D eigenvalue weighted by atomic mass is 10.1. The highest BCUT2D eigenvalue weighted by Crippen LogP contribution is 2.20. The highest BCUT2D eigenvalue weighted by molar-refractivity contribution is 6.03. The monoisotopic (exact) mass is 367 g/mol. The van der Waals surface area contributed by atoms with Crippen molar-refractivity contribution in [2.24, 2.45) is 0 Å². The van der Waals surface area contributed by atoms with Crippen LogP contribution < -0.4 is 10.6 Å². The van der Waals surface area contributed by atoms with Gasteiger partial charge in [-0.15, -0.1) is 0 Å². The number of carbonyl (C=O) groups excluding carboxylic acids is 2. The summed E-state index contributed by atoms with van der Waals surface area (Å²) in [6.07, 6.45) is 2.00. The number of hydrogen-bond acceptors (Lipinski definition) is 3. The molecule has 1 heterocycles. The molecular weight excluding hydrogens is 346 g/mol. The van der Waals surface area contributed by atoms with E-state index < -0.39 is 12.0 Å². The largest absolute Gasteiger partial charge is 0.478 e. The van der Waals surface area contributed by atoms with Crippen LogP contribution in [0.1, 0.15) is 39.1 Å². The Kier molecular flexibility index (Phi) is 5.71. The first kappa shape index (κ1) is 18.4. The smallest absolute Gasteiger partial charge is 0.335 e. The molecule has 1 aliphatic heterocycles. The number of benzene rings is 2. The number of para-hydroxylation sites is 1. The van der Waals surface area contributed by atoms with Crippen LogP contribution in [-0.4, -0.2) is 41.0 Å². The molecule has 0 atom stereocenters. The second kappa shape index (κ2) is 8.35. The first-order valence-electron chi connectivity index (χ1n) is 8.80. The van der Waals surface area contributed by atoms with Crippen molar-refractivity contribution in [3.05, 3.63) is 65.2 Å². The third-order valence-electron chi connectivity index (χ3n) is 4.45. The highest BCUT2D eigenvalue weighted by Gasteiger charge is 2.22. The predicted octanol–water partition coefficient (Wildman–Crippen LogP) is 2.94. The van der Waals surface area contributed by atoms with E-state index in [1.54, 1.807) is 41.3 Å². The molecule has 3 rings (SSSR count). The van der Waals surface area contributed by atoms with Gasteiger partial charge in [0, 0.05) is 19.6 Å². The molecule has 140 valence electrons. The Hall–Kier alpha value is -3.35. The van der Waals surface area contributed by atoms with Crippen LogP contribution in [0, 0.1) is 0 Å². The van der Waals surface area contributed by atoms with Gasteiger partial charge < -0.3 is 20.6 Å². The zero-order valence-electron chi connectivity index (χ0n) is 14.8. The number of rotatable bonds is 5. The molecule has 0 aromatic heterocycles. The molecule has 0 spiro atoms. The highest BCUT2D eigenvalue weighted by atomic mass is 16.4. The number of carbonyl (C=O) groups is 3. The van der Waals surface area contributed by atoms with Crippen molar-refractivity contribution in [3.8, 4) is 0 Å². The fraction of sp³-hybridized carbons (Fsp3) is 0.250. The second-order valence-corrected chi connectivity index (χ2v) is 6.35. The van der Waals surface area contributed by atoms with Gasteiger partial charge in [-0.05, 0) is 42.7 Å². The van der Waals surface area contributed by atoms with E-state index in [1.165, 1.54) is 12.1 Å². The zero-order chi connectivity index (χ0) is 19.2. The van der Waals surface area contributed by atoms with Gasteiger partial charge in [-0.2, -0.15) is 0 Å². The Balaban J connectivity index is 1.61. The molecule has 2 aromatic rings. The summed E-state index contributed by atoms with van der Waals surface area (Å²) in [5.74, 6) is -1.07. The third kappa shape index (κ3) is 4.63. The molecule has 2 aromatic carbocycles. The fourth-order valence-electron chi connectivity index (χ4n) is 2.98. The lowest BCUT2D eigenvalue weighted by Crippen LogP contribution is -2.31. The van der Waals surface area contributed by atoms with Gasteiger partial charge in [-0.1, -0.05) is 24.3 Å². The van der Waals surface area contributed by atoms with Gasteiger partial charge in [0.2, 0.25) is 0 Å². The average molecular weight is 367 g/mol. The van der Waals surface area contributed by atoms with Gasteiger partial charge in [0.1, 0.15) is 0 Å². The molecule has 27 heavy (non-hydrogen) atoms. The topological polar surface area (TPSA) is 98.7 Å². The minimum absolute atomic E-state index is 0.0762. The normalized spacial score (nSPS) is 13.3. The van der Waals surface area contributed by atoms with Crippen molar-refractivity contribution in [1.82, 2.24) is 10.2 Å². The lowest BCUT2D eigenvalue weighted by molar-refractivity contribution is 0.0696. The summed E-state index contributed by atoms with van der Waals surface area (Å²) in [7, 11) is 0. The quantitative estimate of drug-likeness (QED) is 0.757.